The lowest BCUT2D eigenvalue weighted by molar-refractivity contribution is 0.0531. The second-order valence-corrected chi connectivity index (χ2v) is 7.23. The molecule has 2 aliphatic rings. The molecule has 0 amide bonds. The summed E-state index contributed by atoms with van der Waals surface area (Å²) in [5.74, 6) is 2.26. The van der Waals surface area contributed by atoms with Crippen molar-refractivity contribution in [2.24, 2.45) is 16.6 Å². The second kappa shape index (κ2) is 10.3. The van der Waals surface area contributed by atoms with Crippen LogP contribution in [-0.2, 0) is 10.2 Å². The number of hydrogen-bond acceptors (Lipinski definition) is 3. The maximum Gasteiger partial charge on any atom is 0.188 e. The fourth-order valence-corrected chi connectivity index (χ4v) is 3.61. The van der Waals surface area contributed by atoms with Crippen LogP contribution in [0.1, 0.15) is 44.6 Å². The first-order chi connectivity index (χ1) is 12.2. The lowest BCUT2D eigenvalue weighted by atomic mass is 9.74. The van der Waals surface area contributed by atoms with Crippen molar-refractivity contribution in [3.05, 3.63) is 29.8 Å². The fourth-order valence-electron chi connectivity index (χ4n) is 3.61. The lowest BCUT2D eigenvalue weighted by Gasteiger charge is -2.36. The van der Waals surface area contributed by atoms with Gasteiger partial charge < -0.3 is 20.5 Å². The summed E-state index contributed by atoms with van der Waals surface area (Å²) in [6, 6.07) is 8.45. The Bertz CT molecular complexity index is 567. The monoisotopic (exact) mass is 473 g/mol. The summed E-state index contributed by atoms with van der Waals surface area (Å²) in [7, 11) is 0. The van der Waals surface area contributed by atoms with E-state index in [9.17, 15) is 0 Å². The second-order valence-electron chi connectivity index (χ2n) is 7.23. The van der Waals surface area contributed by atoms with Crippen LogP contribution in [0.15, 0.2) is 29.3 Å². The Morgan fingerprint density at radius 3 is 2.54 bits per heavy atom. The van der Waals surface area contributed by atoms with Gasteiger partial charge in [-0.3, -0.25) is 4.99 Å². The fraction of sp³-hybridized carbons (Fsp3) is 0.650. The third-order valence-corrected chi connectivity index (χ3v) is 5.58. The molecule has 1 aromatic rings. The smallest absolute Gasteiger partial charge is 0.188 e. The number of hydrogen-bond donors (Lipinski definition) is 2. The van der Waals surface area contributed by atoms with Crippen molar-refractivity contribution in [2.45, 2.75) is 44.4 Å². The number of nitrogens with zero attached hydrogens (tertiary/aromatic N) is 1. The number of nitrogens with two attached hydrogens (primary N) is 1. The highest BCUT2D eigenvalue weighted by atomic mass is 127. The van der Waals surface area contributed by atoms with Crippen LogP contribution in [0.25, 0.3) is 0 Å². The molecule has 3 rings (SSSR count). The molecule has 0 spiro atoms. The van der Waals surface area contributed by atoms with E-state index in [1.54, 1.807) is 0 Å². The van der Waals surface area contributed by atoms with Gasteiger partial charge in [0.1, 0.15) is 5.75 Å². The van der Waals surface area contributed by atoms with Gasteiger partial charge in [0.05, 0.1) is 13.2 Å². The van der Waals surface area contributed by atoms with Gasteiger partial charge in [-0.1, -0.05) is 18.6 Å². The van der Waals surface area contributed by atoms with E-state index >= 15 is 0 Å². The Balaban J connectivity index is 0.00000243. The van der Waals surface area contributed by atoms with Gasteiger partial charge in [0.25, 0.3) is 0 Å². The van der Waals surface area contributed by atoms with Crippen molar-refractivity contribution in [1.82, 2.24) is 5.32 Å². The summed E-state index contributed by atoms with van der Waals surface area (Å²) in [5, 5.41) is 3.30. The predicted octanol–water partition coefficient (Wildman–Crippen LogP) is 3.46. The topological polar surface area (TPSA) is 68.9 Å². The summed E-state index contributed by atoms with van der Waals surface area (Å²) in [6.45, 7) is 5.90. The molecule has 1 aromatic carbocycles. The van der Waals surface area contributed by atoms with Crippen LogP contribution in [0.5, 0.6) is 5.75 Å². The molecule has 1 aliphatic heterocycles. The highest BCUT2D eigenvalue weighted by molar-refractivity contribution is 14.0. The van der Waals surface area contributed by atoms with Crippen molar-refractivity contribution in [3.63, 3.8) is 0 Å². The number of rotatable bonds is 7. The summed E-state index contributed by atoms with van der Waals surface area (Å²) in [4.78, 5) is 4.68. The molecule has 1 heterocycles. The first-order valence-electron chi connectivity index (χ1n) is 9.57. The lowest BCUT2D eigenvalue weighted by Crippen LogP contribution is -2.40. The van der Waals surface area contributed by atoms with Crippen LogP contribution in [0, 0.1) is 5.92 Å². The largest absolute Gasteiger partial charge is 0.494 e. The number of guanidine groups is 1. The third-order valence-electron chi connectivity index (χ3n) is 5.58. The molecule has 0 radical (unpaired) electrons. The number of benzene rings is 1. The Hall–Kier alpha value is -1.02. The molecule has 2 fully saturated rings. The van der Waals surface area contributed by atoms with Crippen molar-refractivity contribution >= 4 is 29.9 Å². The van der Waals surface area contributed by atoms with E-state index in [-0.39, 0.29) is 29.4 Å². The molecule has 1 saturated heterocycles. The van der Waals surface area contributed by atoms with Gasteiger partial charge in [-0.15, -0.1) is 24.0 Å². The highest BCUT2D eigenvalue weighted by Gasteiger charge is 2.34. The van der Waals surface area contributed by atoms with E-state index in [2.05, 4.69) is 34.6 Å². The SMILES string of the molecule is CCOc1ccc(C2(CN=C(N)NCC3CCC3)CCOCC2)cc1.I. The number of nitrogens with one attached hydrogen (secondary N) is 1. The Kier molecular flexibility index (Phi) is 8.47. The van der Waals surface area contributed by atoms with Crippen molar-refractivity contribution in [1.29, 1.82) is 0 Å². The van der Waals surface area contributed by atoms with E-state index in [4.69, 9.17) is 15.2 Å². The zero-order valence-electron chi connectivity index (χ0n) is 15.7. The first-order valence-corrected chi connectivity index (χ1v) is 9.57. The zero-order chi connectivity index (χ0) is 17.5. The van der Waals surface area contributed by atoms with Crippen LogP contribution in [0.2, 0.25) is 0 Å². The van der Waals surface area contributed by atoms with Gasteiger partial charge in [-0.25, -0.2) is 0 Å². The molecule has 3 N–H and O–H groups in total. The van der Waals surface area contributed by atoms with E-state index < -0.39 is 0 Å². The van der Waals surface area contributed by atoms with Gasteiger partial charge in [0.15, 0.2) is 5.96 Å². The number of halogens is 1. The maximum atomic E-state index is 6.11. The normalized spacial score (nSPS) is 20.0. The standard InChI is InChI=1S/C20H31N3O2.HI/c1-2-25-18-8-6-17(7-9-18)20(10-12-24-13-11-20)15-23-19(21)22-14-16-4-3-5-16;/h6-9,16H,2-5,10-15H2,1H3,(H3,21,22,23);1H. The molecule has 1 aliphatic carbocycles. The minimum Gasteiger partial charge on any atom is -0.494 e. The molecule has 0 unspecified atom stereocenters. The summed E-state index contributed by atoms with van der Waals surface area (Å²) in [5.41, 5.74) is 7.41. The predicted molar refractivity (Wildman–Crippen MR) is 117 cm³/mol. The van der Waals surface area contributed by atoms with Gasteiger partial charge in [-0.05, 0) is 56.2 Å². The van der Waals surface area contributed by atoms with Crippen LogP contribution in [-0.4, -0.2) is 38.9 Å². The van der Waals surface area contributed by atoms with E-state index in [1.807, 2.05) is 6.92 Å². The summed E-state index contributed by atoms with van der Waals surface area (Å²) in [6.07, 6.45) is 5.92. The first kappa shape index (κ1) is 21.3. The molecule has 146 valence electrons. The van der Waals surface area contributed by atoms with Crippen molar-refractivity contribution in [2.75, 3.05) is 32.9 Å². The quantitative estimate of drug-likeness (QED) is 0.362. The van der Waals surface area contributed by atoms with E-state index in [1.165, 1.54) is 24.8 Å². The van der Waals surface area contributed by atoms with Gasteiger partial charge in [0, 0.05) is 25.2 Å². The average Bonchev–Trinajstić information content (AvgIpc) is 2.60. The molecule has 6 heteroatoms. The number of aliphatic imine (C=N–C) groups is 1. The Labute approximate surface area is 174 Å². The maximum absolute atomic E-state index is 6.11. The molecule has 1 saturated carbocycles. The highest BCUT2D eigenvalue weighted by Crippen LogP contribution is 2.36. The summed E-state index contributed by atoms with van der Waals surface area (Å²) < 4.78 is 11.2. The van der Waals surface area contributed by atoms with E-state index in [0.717, 1.165) is 44.3 Å². The van der Waals surface area contributed by atoms with Gasteiger partial charge in [0.2, 0.25) is 0 Å². The molecule has 0 aromatic heterocycles. The van der Waals surface area contributed by atoms with Crippen LogP contribution >= 0.6 is 24.0 Å². The van der Waals surface area contributed by atoms with Crippen molar-refractivity contribution < 1.29 is 9.47 Å². The molecular weight excluding hydrogens is 441 g/mol. The Morgan fingerprint density at radius 1 is 1.27 bits per heavy atom. The average molecular weight is 473 g/mol. The summed E-state index contributed by atoms with van der Waals surface area (Å²) >= 11 is 0. The minimum absolute atomic E-state index is 0. The molecule has 5 nitrogen and oxygen atoms in total. The van der Waals surface area contributed by atoms with Crippen LogP contribution in [0.4, 0.5) is 0 Å². The van der Waals surface area contributed by atoms with E-state index in [0.29, 0.717) is 19.1 Å². The molecule has 26 heavy (non-hydrogen) atoms. The minimum atomic E-state index is 0. The van der Waals surface area contributed by atoms with Crippen LogP contribution < -0.4 is 15.8 Å². The van der Waals surface area contributed by atoms with Gasteiger partial charge >= 0.3 is 0 Å². The third kappa shape index (κ3) is 5.49. The number of ether oxygens (including phenoxy) is 2. The molecule has 0 atom stereocenters. The van der Waals surface area contributed by atoms with Crippen LogP contribution in [0.3, 0.4) is 0 Å². The zero-order valence-corrected chi connectivity index (χ0v) is 18.0. The van der Waals surface area contributed by atoms with Gasteiger partial charge in [-0.2, -0.15) is 0 Å². The molecule has 0 bridgehead atoms. The van der Waals surface area contributed by atoms with Crippen molar-refractivity contribution in [3.8, 4) is 5.75 Å². The molecular formula is C20H32IN3O2. The Morgan fingerprint density at radius 2 is 1.96 bits per heavy atom.